The summed E-state index contributed by atoms with van der Waals surface area (Å²) in [5.74, 6) is 1.42. The molecule has 2 N–H and O–H groups in total. The fraction of sp³-hybridized carbons (Fsp3) is 0.400. The molecule has 0 aliphatic rings. The lowest BCUT2D eigenvalue weighted by Gasteiger charge is -2.06. The largest absolute Gasteiger partial charge is 0.359 e. The van der Waals surface area contributed by atoms with E-state index in [0.29, 0.717) is 5.92 Å². The van der Waals surface area contributed by atoms with Gasteiger partial charge in [-0.1, -0.05) is 38.1 Å². The molecule has 0 spiro atoms. The van der Waals surface area contributed by atoms with Crippen molar-refractivity contribution in [3.8, 4) is 0 Å². The van der Waals surface area contributed by atoms with Crippen molar-refractivity contribution in [2.45, 2.75) is 33.1 Å². The van der Waals surface area contributed by atoms with Crippen LogP contribution in [0.15, 0.2) is 24.3 Å². The van der Waals surface area contributed by atoms with Crippen LogP contribution >= 0.6 is 0 Å². The molecule has 0 aliphatic carbocycles. The van der Waals surface area contributed by atoms with Crippen molar-refractivity contribution >= 4 is 5.95 Å². The average Bonchev–Trinajstić information content (AvgIpc) is 2.71. The maximum absolute atomic E-state index is 4.51. The topological polar surface area (TPSA) is 40.7 Å². The molecular weight excluding hydrogens is 222 g/mol. The second-order valence-corrected chi connectivity index (χ2v) is 4.98. The van der Waals surface area contributed by atoms with E-state index in [1.54, 1.807) is 0 Å². The first-order chi connectivity index (χ1) is 8.60. The van der Waals surface area contributed by atoms with Crippen molar-refractivity contribution in [3.63, 3.8) is 0 Å². The van der Waals surface area contributed by atoms with Crippen LogP contribution in [-0.4, -0.2) is 17.0 Å². The summed E-state index contributed by atoms with van der Waals surface area (Å²) in [6.45, 7) is 6.49. The van der Waals surface area contributed by atoms with E-state index in [4.69, 9.17) is 0 Å². The SMILES string of the molecule is CNc1nc(Cc2ccc(C(C)C)cc2)c(C)[nH]1. The van der Waals surface area contributed by atoms with Gasteiger partial charge < -0.3 is 10.3 Å². The van der Waals surface area contributed by atoms with Gasteiger partial charge in [0.2, 0.25) is 0 Å². The highest BCUT2D eigenvalue weighted by Crippen LogP contribution is 2.18. The van der Waals surface area contributed by atoms with Crippen LogP contribution in [-0.2, 0) is 6.42 Å². The number of aromatic nitrogens is 2. The molecule has 0 amide bonds. The van der Waals surface area contributed by atoms with E-state index in [0.717, 1.165) is 23.8 Å². The number of aryl methyl sites for hydroxylation is 1. The van der Waals surface area contributed by atoms with Crippen LogP contribution in [0, 0.1) is 6.92 Å². The maximum Gasteiger partial charge on any atom is 0.200 e. The Morgan fingerprint density at radius 3 is 2.39 bits per heavy atom. The minimum absolute atomic E-state index is 0.585. The zero-order chi connectivity index (χ0) is 13.1. The number of aromatic amines is 1. The molecule has 96 valence electrons. The zero-order valence-electron chi connectivity index (χ0n) is 11.5. The Labute approximate surface area is 109 Å². The van der Waals surface area contributed by atoms with E-state index in [2.05, 4.69) is 60.3 Å². The third-order valence-electron chi connectivity index (χ3n) is 3.24. The van der Waals surface area contributed by atoms with E-state index in [9.17, 15) is 0 Å². The zero-order valence-corrected chi connectivity index (χ0v) is 11.5. The van der Waals surface area contributed by atoms with Gasteiger partial charge in [-0.2, -0.15) is 0 Å². The summed E-state index contributed by atoms with van der Waals surface area (Å²) in [6, 6.07) is 8.81. The van der Waals surface area contributed by atoms with Gasteiger partial charge in [0, 0.05) is 19.2 Å². The van der Waals surface area contributed by atoms with E-state index in [-0.39, 0.29) is 0 Å². The molecular formula is C15H21N3. The van der Waals surface area contributed by atoms with Crippen molar-refractivity contribution in [3.05, 3.63) is 46.8 Å². The van der Waals surface area contributed by atoms with Gasteiger partial charge in [0.05, 0.1) is 5.69 Å². The molecule has 2 rings (SSSR count). The molecule has 3 heteroatoms. The Balaban J connectivity index is 2.15. The van der Waals surface area contributed by atoms with Gasteiger partial charge in [0.1, 0.15) is 0 Å². The number of H-pyrrole nitrogens is 1. The smallest absolute Gasteiger partial charge is 0.200 e. The summed E-state index contributed by atoms with van der Waals surface area (Å²) in [5, 5.41) is 3.03. The highest BCUT2D eigenvalue weighted by Gasteiger charge is 2.07. The number of hydrogen-bond acceptors (Lipinski definition) is 2. The first kappa shape index (κ1) is 12.7. The standard InChI is InChI=1S/C15H21N3/c1-10(2)13-7-5-12(6-8-13)9-14-11(3)17-15(16-4)18-14/h5-8,10H,9H2,1-4H3,(H2,16,17,18). The van der Waals surface area contributed by atoms with Crippen LogP contribution in [0.1, 0.15) is 42.3 Å². The molecule has 0 fully saturated rings. The summed E-state index contributed by atoms with van der Waals surface area (Å²) in [5.41, 5.74) is 4.92. The van der Waals surface area contributed by atoms with Crippen LogP contribution in [0.3, 0.4) is 0 Å². The molecule has 0 bridgehead atoms. The predicted octanol–water partition coefficient (Wildman–Crippen LogP) is 3.47. The van der Waals surface area contributed by atoms with Gasteiger partial charge in [-0.3, -0.25) is 0 Å². The summed E-state index contributed by atoms with van der Waals surface area (Å²) in [7, 11) is 1.87. The Bertz CT molecular complexity index is 509. The summed E-state index contributed by atoms with van der Waals surface area (Å²) < 4.78 is 0. The molecule has 1 heterocycles. The van der Waals surface area contributed by atoms with E-state index in [1.165, 1.54) is 11.1 Å². The van der Waals surface area contributed by atoms with E-state index < -0.39 is 0 Å². The van der Waals surface area contributed by atoms with Crippen molar-refractivity contribution in [2.24, 2.45) is 0 Å². The molecule has 2 aromatic rings. The molecule has 1 aromatic carbocycles. The average molecular weight is 243 g/mol. The van der Waals surface area contributed by atoms with Crippen LogP contribution in [0.2, 0.25) is 0 Å². The molecule has 18 heavy (non-hydrogen) atoms. The molecule has 3 nitrogen and oxygen atoms in total. The van der Waals surface area contributed by atoms with Crippen LogP contribution in [0.5, 0.6) is 0 Å². The number of rotatable bonds is 4. The fourth-order valence-electron chi connectivity index (χ4n) is 2.00. The van der Waals surface area contributed by atoms with Gasteiger partial charge >= 0.3 is 0 Å². The number of nitrogens with one attached hydrogen (secondary N) is 2. The van der Waals surface area contributed by atoms with E-state index in [1.807, 2.05) is 7.05 Å². The lowest BCUT2D eigenvalue weighted by molar-refractivity contribution is 0.865. The maximum atomic E-state index is 4.51. The summed E-state index contributed by atoms with van der Waals surface area (Å²) >= 11 is 0. The quantitative estimate of drug-likeness (QED) is 0.863. The van der Waals surface area contributed by atoms with Gasteiger partial charge in [-0.15, -0.1) is 0 Å². The number of hydrogen-bond donors (Lipinski definition) is 2. The van der Waals surface area contributed by atoms with Gasteiger partial charge in [-0.05, 0) is 24.0 Å². The minimum Gasteiger partial charge on any atom is -0.359 e. The summed E-state index contributed by atoms with van der Waals surface area (Å²) in [6.07, 6.45) is 0.877. The first-order valence-electron chi connectivity index (χ1n) is 6.42. The van der Waals surface area contributed by atoms with Crippen molar-refractivity contribution in [1.82, 2.24) is 9.97 Å². The Morgan fingerprint density at radius 2 is 1.89 bits per heavy atom. The molecule has 0 aliphatic heterocycles. The third-order valence-corrected chi connectivity index (χ3v) is 3.24. The Kier molecular flexibility index (Phi) is 3.70. The van der Waals surface area contributed by atoms with Crippen molar-refractivity contribution in [2.75, 3.05) is 12.4 Å². The second-order valence-electron chi connectivity index (χ2n) is 4.98. The molecule has 0 unspecified atom stereocenters. The first-order valence-corrected chi connectivity index (χ1v) is 6.42. The molecule has 0 saturated heterocycles. The number of benzene rings is 1. The molecule has 1 aromatic heterocycles. The highest BCUT2D eigenvalue weighted by atomic mass is 15.1. The van der Waals surface area contributed by atoms with Crippen molar-refractivity contribution in [1.29, 1.82) is 0 Å². The minimum atomic E-state index is 0.585. The van der Waals surface area contributed by atoms with Gasteiger partial charge in [0.15, 0.2) is 5.95 Å². The number of anilines is 1. The monoisotopic (exact) mass is 243 g/mol. The Hall–Kier alpha value is -1.77. The van der Waals surface area contributed by atoms with Crippen LogP contribution in [0.25, 0.3) is 0 Å². The third kappa shape index (κ3) is 2.73. The predicted molar refractivity (Wildman–Crippen MR) is 76.2 cm³/mol. The second kappa shape index (κ2) is 5.25. The van der Waals surface area contributed by atoms with Crippen LogP contribution in [0.4, 0.5) is 5.95 Å². The summed E-state index contributed by atoms with van der Waals surface area (Å²) in [4.78, 5) is 7.74. The lowest BCUT2D eigenvalue weighted by atomic mass is 10.00. The highest BCUT2D eigenvalue weighted by molar-refractivity contribution is 5.34. The van der Waals surface area contributed by atoms with Gasteiger partial charge in [-0.25, -0.2) is 4.98 Å². The van der Waals surface area contributed by atoms with Crippen molar-refractivity contribution < 1.29 is 0 Å². The number of imidazole rings is 1. The molecule has 0 atom stereocenters. The van der Waals surface area contributed by atoms with E-state index >= 15 is 0 Å². The Morgan fingerprint density at radius 1 is 1.22 bits per heavy atom. The van der Waals surface area contributed by atoms with Gasteiger partial charge in [0.25, 0.3) is 0 Å². The normalized spacial score (nSPS) is 10.9. The lowest BCUT2D eigenvalue weighted by Crippen LogP contribution is -1.93. The number of nitrogens with zero attached hydrogens (tertiary/aromatic N) is 1. The van der Waals surface area contributed by atoms with Crippen LogP contribution < -0.4 is 5.32 Å². The fourth-order valence-corrected chi connectivity index (χ4v) is 2.00. The molecule has 0 saturated carbocycles. The molecule has 0 radical (unpaired) electrons.